The average Bonchev–Trinajstić information content (AvgIpc) is 2.94. The van der Waals surface area contributed by atoms with Crippen molar-refractivity contribution in [2.24, 2.45) is 5.73 Å². The fraction of sp³-hybridized carbons (Fsp3) is 0.207. The Balaban J connectivity index is 1.32. The molecule has 0 aliphatic heterocycles. The molecule has 206 valence electrons. The minimum atomic E-state index is -0.621. The third-order valence-electron chi connectivity index (χ3n) is 6.34. The quantitative estimate of drug-likeness (QED) is 0.220. The van der Waals surface area contributed by atoms with Gasteiger partial charge < -0.3 is 31.0 Å². The molecule has 0 saturated carbocycles. The van der Waals surface area contributed by atoms with E-state index < -0.39 is 11.6 Å². The van der Waals surface area contributed by atoms with E-state index >= 15 is 0 Å². The predicted molar refractivity (Wildman–Crippen MR) is 149 cm³/mol. The van der Waals surface area contributed by atoms with Crippen LogP contribution in [0.3, 0.4) is 0 Å². The van der Waals surface area contributed by atoms with Crippen LogP contribution in [0.4, 0.5) is 14.6 Å². The monoisotopic (exact) mass is 546 g/mol. The second-order valence-corrected chi connectivity index (χ2v) is 9.23. The van der Waals surface area contributed by atoms with Gasteiger partial charge in [-0.1, -0.05) is 0 Å². The van der Waals surface area contributed by atoms with E-state index in [0.29, 0.717) is 51.8 Å². The van der Waals surface area contributed by atoms with Crippen molar-refractivity contribution >= 4 is 27.5 Å². The van der Waals surface area contributed by atoms with E-state index in [0.717, 1.165) is 22.4 Å². The Labute approximate surface area is 229 Å². The van der Waals surface area contributed by atoms with Gasteiger partial charge in [-0.15, -0.1) is 0 Å². The Morgan fingerprint density at radius 2 is 1.62 bits per heavy atom. The van der Waals surface area contributed by atoms with Crippen LogP contribution in [0.15, 0.2) is 61.1 Å². The molecule has 0 amide bonds. The summed E-state index contributed by atoms with van der Waals surface area (Å²) in [5, 5.41) is 5.49. The van der Waals surface area contributed by atoms with Crippen molar-refractivity contribution in [1.82, 2.24) is 20.3 Å². The lowest BCUT2D eigenvalue weighted by atomic mass is 10.0. The van der Waals surface area contributed by atoms with Gasteiger partial charge in [0.1, 0.15) is 29.8 Å². The van der Waals surface area contributed by atoms with E-state index in [-0.39, 0.29) is 19.2 Å². The minimum Gasteiger partial charge on any atom is -0.493 e. The third kappa shape index (κ3) is 5.85. The molecule has 0 aliphatic rings. The van der Waals surface area contributed by atoms with Gasteiger partial charge >= 0.3 is 0 Å². The zero-order valence-electron chi connectivity index (χ0n) is 21.9. The van der Waals surface area contributed by atoms with Crippen LogP contribution in [0, 0.1) is 11.6 Å². The Kier molecular flexibility index (Phi) is 7.85. The maximum atomic E-state index is 13.4. The van der Waals surface area contributed by atoms with E-state index in [4.69, 9.17) is 25.7 Å². The smallest absolute Gasteiger partial charge is 0.162 e. The number of nitrogens with two attached hydrogens (primary N) is 2. The summed E-state index contributed by atoms with van der Waals surface area (Å²) < 4.78 is 43.5. The molecule has 0 saturated heterocycles. The number of fused-ring (bicyclic) bond motifs is 3. The van der Waals surface area contributed by atoms with Gasteiger partial charge in [-0.05, 0) is 41.3 Å². The number of nitrogen functional groups attached to an aromatic ring is 1. The Hall–Kier alpha value is -4.61. The Morgan fingerprint density at radius 1 is 0.875 bits per heavy atom. The molecule has 0 radical (unpaired) electrons. The van der Waals surface area contributed by atoms with Crippen molar-refractivity contribution in [1.29, 1.82) is 0 Å². The molecule has 11 heteroatoms. The van der Waals surface area contributed by atoms with Gasteiger partial charge in [0.15, 0.2) is 11.5 Å². The molecule has 0 aliphatic carbocycles. The first-order valence-corrected chi connectivity index (χ1v) is 12.4. The topological polar surface area (TPSA) is 130 Å². The molecule has 2 aromatic carbocycles. The van der Waals surface area contributed by atoms with Gasteiger partial charge in [-0.25, -0.2) is 13.8 Å². The number of anilines is 1. The molecule has 5 N–H and O–H groups in total. The summed E-state index contributed by atoms with van der Waals surface area (Å²) in [7, 11) is 3.15. The standard InChI is InChI=1S/C29H28F2N6O3/c1-38-27-8-23-22-7-25(37-29(33)24(22)14-36-26(23)9-28(27)39-2)17-5-21(13-35-11-17)40-15-20(32)12-34-10-16-3-18(30)6-19(31)4-16/h3-9,11,13-14,20,34H,10,12,15,32H2,1-2H3,(H2,33,37)/t20-/m1/s1. The normalized spacial score (nSPS) is 12.0. The number of aromatic nitrogens is 3. The highest BCUT2D eigenvalue weighted by Crippen LogP contribution is 2.37. The molecule has 1 atom stereocenters. The van der Waals surface area contributed by atoms with Crippen molar-refractivity contribution in [3.8, 4) is 28.5 Å². The minimum absolute atomic E-state index is 0.195. The van der Waals surface area contributed by atoms with Crippen LogP contribution in [0.5, 0.6) is 17.2 Å². The van der Waals surface area contributed by atoms with Gasteiger partial charge in [0.25, 0.3) is 0 Å². The molecule has 5 aromatic rings. The van der Waals surface area contributed by atoms with Crippen molar-refractivity contribution in [2.45, 2.75) is 12.6 Å². The average molecular weight is 547 g/mol. The SMILES string of the molecule is COc1cc2ncc3c(N)nc(-c4cncc(OC[C@H](N)CNCc5cc(F)cc(F)c5)c4)cc3c2cc1OC. The van der Waals surface area contributed by atoms with Crippen LogP contribution in [0.1, 0.15) is 5.56 Å². The molecule has 40 heavy (non-hydrogen) atoms. The third-order valence-corrected chi connectivity index (χ3v) is 6.34. The number of hydrogen-bond donors (Lipinski definition) is 3. The van der Waals surface area contributed by atoms with Gasteiger partial charge in [-0.2, -0.15) is 0 Å². The largest absolute Gasteiger partial charge is 0.493 e. The molecule has 9 nitrogen and oxygen atoms in total. The van der Waals surface area contributed by atoms with Crippen molar-refractivity contribution in [2.75, 3.05) is 33.1 Å². The highest BCUT2D eigenvalue weighted by atomic mass is 19.1. The molecule has 3 aromatic heterocycles. The summed E-state index contributed by atoms with van der Waals surface area (Å²) in [5.74, 6) is 0.746. The second kappa shape index (κ2) is 11.6. The molecule has 0 bridgehead atoms. The molecule has 0 spiro atoms. The number of ether oxygens (including phenoxy) is 3. The van der Waals surface area contributed by atoms with E-state index in [1.54, 1.807) is 32.8 Å². The van der Waals surface area contributed by atoms with Gasteiger partial charge in [0.05, 0.1) is 37.7 Å². The molecule has 0 fully saturated rings. The number of halogens is 2. The van der Waals surface area contributed by atoms with Gasteiger partial charge in [0, 0.05) is 54.0 Å². The van der Waals surface area contributed by atoms with E-state index in [1.165, 1.54) is 12.1 Å². The lowest BCUT2D eigenvalue weighted by Gasteiger charge is -2.15. The highest BCUT2D eigenvalue weighted by molar-refractivity contribution is 6.10. The van der Waals surface area contributed by atoms with Crippen molar-refractivity contribution < 1.29 is 23.0 Å². The number of hydrogen-bond acceptors (Lipinski definition) is 9. The van der Waals surface area contributed by atoms with E-state index in [9.17, 15) is 8.78 Å². The van der Waals surface area contributed by atoms with Gasteiger partial charge in [0.2, 0.25) is 0 Å². The van der Waals surface area contributed by atoms with Crippen LogP contribution >= 0.6 is 0 Å². The number of nitrogens with zero attached hydrogens (tertiary/aromatic N) is 3. The first-order chi connectivity index (χ1) is 19.3. The van der Waals surface area contributed by atoms with Crippen LogP contribution < -0.4 is 31.0 Å². The van der Waals surface area contributed by atoms with Crippen LogP contribution in [-0.2, 0) is 6.54 Å². The molecule has 3 heterocycles. The Morgan fingerprint density at radius 3 is 2.38 bits per heavy atom. The number of benzene rings is 2. The molecule has 0 unspecified atom stereocenters. The highest BCUT2D eigenvalue weighted by Gasteiger charge is 2.14. The van der Waals surface area contributed by atoms with Crippen molar-refractivity contribution in [3.63, 3.8) is 0 Å². The molecular weight excluding hydrogens is 518 g/mol. The zero-order chi connectivity index (χ0) is 28.2. The fourth-order valence-corrected chi connectivity index (χ4v) is 4.42. The predicted octanol–water partition coefficient (Wildman–Crippen LogP) is 4.22. The first kappa shape index (κ1) is 27.0. The maximum Gasteiger partial charge on any atom is 0.162 e. The lowest BCUT2D eigenvalue weighted by Crippen LogP contribution is -2.38. The van der Waals surface area contributed by atoms with Crippen LogP contribution in [-0.4, -0.2) is 48.4 Å². The number of pyridine rings is 3. The van der Waals surface area contributed by atoms with Crippen LogP contribution in [0.25, 0.3) is 32.9 Å². The summed E-state index contributed by atoms with van der Waals surface area (Å²) in [6.45, 7) is 0.849. The summed E-state index contributed by atoms with van der Waals surface area (Å²) >= 11 is 0. The lowest BCUT2D eigenvalue weighted by molar-refractivity contribution is 0.283. The number of methoxy groups -OCH3 is 2. The summed E-state index contributed by atoms with van der Waals surface area (Å²) in [6.07, 6.45) is 4.95. The number of rotatable bonds is 10. The molecule has 5 rings (SSSR count). The summed E-state index contributed by atoms with van der Waals surface area (Å²) in [4.78, 5) is 13.4. The molecular formula is C29H28F2N6O3. The maximum absolute atomic E-state index is 13.4. The number of nitrogens with one attached hydrogen (secondary N) is 1. The fourth-order valence-electron chi connectivity index (χ4n) is 4.42. The first-order valence-electron chi connectivity index (χ1n) is 12.4. The second-order valence-electron chi connectivity index (χ2n) is 9.23. The Bertz CT molecular complexity index is 1660. The van der Waals surface area contributed by atoms with Gasteiger partial charge in [-0.3, -0.25) is 9.97 Å². The van der Waals surface area contributed by atoms with E-state index in [2.05, 4.69) is 20.3 Å². The van der Waals surface area contributed by atoms with Crippen LogP contribution in [0.2, 0.25) is 0 Å². The zero-order valence-corrected chi connectivity index (χ0v) is 21.9. The van der Waals surface area contributed by atoms with Crippen molar-refractivity contribution in [3.05, 3.63) is 78.3 Å². The van der Waals surface area contributed by atoms with E-state index in [1.807, 2.05) is 24.3 Å². The summed E-state index contributed by atoms with van der Waals surface area (Å²) in [6, 6.07) is 10.4. The summed E-state index contributed by atoms with van der Waals surface area (Å²) in [5.41, 5.74) is 15.0.